The topological polar surface area (TPSA) is 29.9 Å². The molecule has 0 aliphatic carbocycles. The third-order valence-corrected chi connectivity index (χ3v) is 2.20. The first-order valence-corrected chi connectivity index (χ1v) is 4.87. The van der Waals surface area contributed by atoms with Gasteiger partial charge in [0.1, 0.15) is 0 Å². The summed E-state index contributed by atoms with van der Waals surface area (Å²) in [6.07, 6.45) is 4.28. The molecule has 0 amide bonds. The van der Waals surface area contributed by atoms with E-state index in [1.165, 1.54) is 11.1 Å². The van der Waals surface area contributed by atoms with E-state index in [1.54, 1.807) is 0 Å². The molecule has 0 saturated heterocycles. The van der Waals surface area contributed by atoms with Crippen molar-refractivity contribution in [1.82, 2.24) is 15.1 Å². The van der Waals surface area contributed by atoms with E-state index in [0.29, 0.717) is 0 Å². The van der Waals surface area contributed by atoms with Crippen molar-refractivity contribution in [3.8, 4) is 0 Å². The Labute approximate surface area is 85.8 Å². The van der Waals surface area contributed by atoms with Gasteiger partial charge in [-0.05, 0) is 27.8 Å². The van der Waals surface area contributed by atoms with Gasteiger partial charge in [0.2, 0.25) is 0 Å². The standard InChI is InChI=1S/C11H19N3/c1-8(2)6-11(12-4)10-7-14(5)13-9(10)3/h6-7,11-12H,1-5H3. The minimum absolute atomic E-state index is 0.272. The SMILES string of the molecule is CNC(C=C(C)C)c1cn(C)nc1C. The first-order chi connectivity index (χ1) is 6.54. The normalized spacial score (nSPS) is 12.6. The highest BCUT2D eigenvalue weighted by Gasteiger charge is 2.11. The first-order valence-electron chi connectivity index (χ1n) is 4.87. The Morgan fingerprint density at radius 2 is 2.21 bits per heavy atom. The van der Waals surface area contributed by atoms with Gasteiger partial charge in [-0.2, -0.15) is 5.10 Å². The third-order valence-electron chi connectivity index (χ3n) is 2.20. The Morgan fingerprint density at radius 1 is 1.57 bits per heavy atom. The van der Waals surface area contributed by atoms with E-state index in [-0.39, 0.29) is 6.04 Å². The van der Waals surface area contributed by atoms with Gasteiger partial charge in [-0.1, -0.05) is 11.6 Å². The molecule has 78 valence electrons. The number of nitrogens with zero attached hydrogens (tertiary/aromatic N) is 2. The molecule has 1 aromatic rings. The second-order valence-electron chi connectivity index (χ2n) is 3.85. The van der Waals surface area contributed by atoms with E-state index in [1.807, 2.05) is 25.7 Å². The van der Waals surface area contributed by atoms with E-state index in [9.17, 15) is 0 Å². The summed E-state index contributed by atoms with van der Waals surface area (Å²) in [4.78, 5) is 0. The molecule has 14 heavy (non-hydrogen) atoms. The molecular weight excluding hydrogens is 174 g/mol. The number of hydrogen-bond donors (Lipinski definition) is 1. The molecule has 0 fully saturated rings. The molecule has 0 aliphatic heterocycles. The van der Waals surface area contributed by atoms with Gasteiger partial charge in [0, 0.05) is 18.8 Å². The fourth-order valence-electron chi connectivity index (χ4n) is 1.59. The lowest BCUT2D eigenvalue weighted by molar-refractivity contribution is 0.704. The Balaban J connectivity index is 3.00. The molecule has 0 spiro atoms. The largest absolute Gasteiger partial charge is 0.310 e. The zero-order valence-electron chi connectivity index (χ0n) is 9.63. The van der Waals surface area contributed by atoms with Crippen molar-refractivity contribution in [2.45, 2.75) is 26.8 Å². The number of likely N-dealkylation sites (N-methyl/N-ethyl adjacent to an activating group) is 1. The maximum atomic E-state index is 4.33. The van der Waals surface area contributed by atoms with Gasteiger partial charge in [-0.3, -0.25) is 4.68 Å². The molecule has 3 nitrogen and oxygen atoms in total. The number of aryl methyl sites for hydroxylation is 2. The van der Waals surface area contributed by atoms with Crippen LogP contribution in [0.5, 0.6) is 0 Å². The van der Waals surface area contributed by atoms with Gasteiger partial charge in [0.25, 0.3) is 0 Å². The third kappa shape index (κ3) is 2.45. The van der Waals surface area contributed by atoms with Gasteiger partial charge in [-0.15, -0.1) is 0 Å². The Bertz CT molecular complexity index is 332. The Hall–Kier alpha value is -1.09. The quantitative estimate of drug-likeness (QED) is 0.744. The van der Waals surface area contributed by atoms with E-state index in [0.717, 1.165) is 5.69 Å². The first kappa shape index (κ1) is 11.0. The zero-order chi connectivity index (χ0) is 10.7. The highest BCUT2D eigenvalue weighted by atomic mass is 15.3. The molecule has 1 unspecified atom stereocenters. The second kappa shape index (κ2) is 4.42. The molecule has 0 bridgehead atoms. The average molecular weight is 193 g/mol. The van der Waals surface area contributed by atoms with Crippen molar-refractivity contribution in [1.29, 1.82) is 0 Å². The molecule has 1 N–H and O–H groups in total. The fourth-order valence-corrected chi connectivity index (χ4v) is 1.59. The van der Waals surface area contributed by atoms with Crippen LogP contribution in [0.15, 0.2) is 17.8 Å². The molecule has 0 aliphatic rings. The van der Waals surface area contributed by atoms with Gasteiger partial charge in [0.15, 0.2) is 0 Å². The Kier molecular flexibility index (Phi) is 3.47. The van der Waals surface area contributed by atoms with Gasteiger partial charge in [0.05, 0.1) is 11.7 Å². The monoisotopic (exact) mass is 193 g/mol. The maximum absolute atomic E-state index is 4.33. The van der Waals surface area contributed by atoms with Gasteiger partial charge in [-0.25, -0.2) is 0 Å². The van der Waals surface area contributed by atoms with Crippen LogP contribution in [0.25, 0.3) is 0 Å². The fraction of sp³-hybridized carbons (Fsp3) is 0.545. The summed E-state index contributed by atoms with van der Waals surface area (Å²) in [5.74, 6) is 0. The van der Waals surface area contributed by atoms with Gasteiger partial charge < -0.3 is 5.32 Å². The van der Waals surface area contributed by atoms with Crippen LogP contribution in [-0.4, -0.2) is 16.8 Å². The van der Waals surface area contributed by atoms with Crippen LogP contribution in [0.1, 0.15) is 31.1 Å². The predicted octanol–water partition coefficient (Wildman–Crippen LogP) is 1.96. The summed E-state index contributed by atoms with van der Waals surface area (Å²) < 4.78 is 1.86. The minimum Gasteiger partial charge on any atom is -0.310 e. The summed E-state index contributed by atoms with van der Waals surface area (Å²) in [6.45, 7) is 6.25. The summed E-state index contributed by atoms with van der Waals surface area (Å²) in [7, 11) is 3.92. The van der Waals surface area contributed by atoms with Crippen molar-refractivity contribution in [3.05, 3.63) is 29.1 Å². The minimum atomic E-state index is 0.272. The van der Waals surface area contributed by atoms with Crippen LogP contribution < -0.4 is 5.32 Å². The molecular formula is C11H19N3. The molecule has 1 rings (SSSR count). The molecule has 3 heteroatoms. The highest BCUT2D eigenvalue weighted by Crippen LogP contribution is 2.18. The molecule has 0 radical (unpaired) electrons. The Morgan fingerprint density at radius 3 is 2.57 bits per heavy atom. The number of hydrogen-bond acceptors (Lipinski definition) is 2. The maximum Gasteiger partial charge on any atom is 0.0644 e. The van der Waals surface area contributed by atoms with E-state index in [2.05, 4.69) is 36.5 Å². The van der Waals surface area contributed by atoms with Crippen molar-refractivity contribution >= 4 is 0 Å². The van der Waals surface area contributed by atoms with Gasteiger partial charge >= 0.3 is 0 Å². The average Bonchev–Trinajstić information content (AvgIpc) is 2.41. The van der Waals surface area contributed by atoms with Crippen LogP contribution in [0.2, 0.25) is 0 Å². The number of aromatic nitrogens is 2. The van der Waals surface area contributed by atoms with E-state index < -0.39 is 0 Å². The van der Waals surface area contributed by atoms with Crippen molar-refractivity contribution in [2.24, 2.45) is 7.05 Å². The highest BCUT2D eigenvalue weighted by molar-refractivity contribution is 5.25. The number of allylic oxidation sites excluding steroid dienone is 1. The van der Waals surface area contributed by atoms with Crippen LogP contribution in [0, 0.1) is 6.92 Å². The molecule has 1 aromatic heterocycles. The summed E-state index contributed by atoms with van der Waals surface area (Å²) in [6, 6.07) is 0.272. The zero-order valence-corrected chi connectivity index (χ0v) is 9.63. The van der Waals surface area contributed by atoms with Crippen molar-refractivity contribution in [2.75, 3.05) is 7.05 Å². The lowest BCUT2D eigenvalue weighted by Gasteiger charge is -2.11. The predicted molar refractivity (Wildman–Crippen MR) is 59.2 cm³/mol. The van der Waals surface area contributed by atoms with Crippen molar-refractivity contribution < 1.29 is 0 Å². The summed E-state index contributed by atoms with van der Waals surface area (Å²) >= 11 is 0. The van der Waals surface area contributed by atoms with Crippen LogP contribution in [0.3, 0.4) is 0 Å². The number of nitrogens with one attached hydrogen (secondary N) is 1. The van der Waals surface area contributed by atoms with Crippen LogP contribution in [-0.2, 0) is 7.05 Å². The molecule has 0 aromatic carbocycles. The second-order valence-corrected chi connectivity index (χ2v) is 3.85. The van der Waals surface area contributed by atoms with E-state index >= 15 is 0 Å². The van der Waals surface area contributed by atoms with E-state index in [4.69, 9.17) is 0 Å². The summed E-state index contributed by atoms with van der Waals surface area (Å²) in [5.41, 5.74) is 3.65. The van der Waals surface area contributed by atoms with Crippen LogP contribution >= 0.6 is 0 Å². The lowest BCUT2D eigenvalue weighted by atomic mass is 10.1. The molecule has 1 heterocycles. The smallest absolute Gasteiger partial charge is 0.0644 e. The van der Waals surface area contributed by atoms with Crippen LogP contribution in [0.4, 0.5) is 0 Å². The number of rotatable bonds is 3. The molecule has 1 atom stereocenters. The van der Waals surface area contributed by atoms with Crippen molar-refractivity contribution in [3.63, 3.8) is 0 Å². The summed E-state index contributed by atoms with van der Waals surface area (Å²) in [5, 5.41) is 7.61. The molecule has 0 saturated carbocycles. The lowest BCUT2D eigenvalue weighted by Crippen LogP contribution is -2.14.